The first-order valence-corrected chi connectivity index (χ1v) is 6.61. The molecule has 1 amide bonds. The third kappa shape index (κ3) is 7.03. The van der Waals surface area contributed by atoms with E-state index in [0.717, 1.165) is 13.0 Å². The Morgan fingerprint density at radius 1 is 1.50 bits per heavy atom. The highest BCUT2D eigenvalue weighted by molar-refractivity contribution is 7.84. The Balaban J connectivity index is 3.48. The quantitative estimate of drug-likeness (QED) is 0.588. The molecule has 84 valence electrons. The third-order valence-electron chi connectivity index (χ3n) is 1.80. The minimum atomic E-state index is -0.735. The van der Waals surface area contributed by atoms with Gasteiger partial charge < -0.3 is 10.6 Å². The minimum absolute atomic E-state index is 0.0186. The third-order valence-corrected chi connectivity index (χ3v) is 2.67. The monoisotopic (exact) mass is 220 g/mol. The summed E-state index contributed by atoms with van der Waals surface area (Å²) < 4.78 is 10.7. The topological polar surface area (TPSA) is 58.2 Å². The number of rotatable bonds is 7. The molecule has 0 bridgehead atoms. The summed E-state index contributed by atoms with van der Waals surface area (Å²) in [5, 5.41) is 5.81. The van der Waals surface area contributed by atoms with Crippen molar-refractivity contribution in [3.8, 4) is 0 Å². The molecule has 14 heavy (non-hydrogen) atoms. The minimum Gasteiger partial charge on any atom is -0.355 e. The molecule has 2 N–H and O–H groups in total. The molecule has 0 saturated carbocycles. The van der Waals surface area contributed by atoms with Crippen LogP contribution in [0.2, 0.25) is 0 Å². The second-order valence-corrected chi connectivity index (χ2v) is 4.76. The van der Waals surface area contributed by atoms with Crippen LogP contribution in [-0.4, -0.2) is 41.3 Å². The van der Waals surface area contributed by atoms with Gasteiger partial charge in [0.05, 0.1) is 6.04 Å². The molecule has 0 aliphatic rings. The van der Waals surface area contributed by atoms with Gasteiger partial charge in [0.25, 0.3) is 0 Å². The highest BCUT2D eigenvalue weighted by atomic mass is 32.2. The van der Waals surface area contributed by atoms with Gasteiger partial charge in [-0.1, -0.05) is 0 Å². The van der Waals surface area contributed by atoms with E-state index in [9.17, 15) is 9.00 Å². The Morgan fingerprint density at radius 2 is 2.14 bits per heavy atom. The zero-order valence-corrected chi connectivity index (χ0v) is 9.95. The summed E-state index contributed by atoms with van der Waals surface area (Å²) in [7, 11) is -0.735. The van der Waals surface area contributed by atoms with Crippen LogP contribution >= 0.6 is 0 Å². The van der Waals surface area contributed by atoms with E-state index in [1.54, 1.807) is 6.26 Å². The fourth-order valence-corrected chi connectivity index (χ4v) is 1.56. The van der Waals surface area contributed by atoms with Crippen LogP contribution in [0.1, 0.15) is 20.3 Å². The van der Waals surface area contributed by atoms with E-state index in [0.29, 0.717) is 12.3 Å². The van der Waals surface area contributed by atoms with E-state index in [-0.39, 0.29) is 11.9 Å². The van der Waals surface area contributed by atoms with E-state index in [2.05, 4.69) is 10.6 Å². The molecule has 0 aromatic heterocycles. The van der Waals surface area contributed by atoms with E-state index in [1.807, 2.05) is 13.8 Å². The molecule has 2 unspecified atom stereocenters. The maximum absolute atomic E-state index is 11.2. The van der Waals surface area contributed by atoms with Crippen LogP contribution in [0, 0.1) is 0 Å². The van der Waals surface area contributed by atoms with Gasteiger partial charge in [0.2, 0.25) is 5.91 Å². The Labute approximate surface area is 88.3 Å². The number of hydrogen-bond donors (Lipinski definition) is 2. The molecule has 0 aliphatic carbocycles. The highest BCUT2D eigenvalue weighted by Crippen LogP contribution is 1.85. The first-order valence-electron chi connectivity index (χ1n) is 4.89. The van der Waals surface area contributed by atoms with Crippen molar-refractivity contribution in [2.75, 3.05) is 25.1 Å². The average Bonchev–Trinajstić information content (AvgIpc) is 2.12. The normalized spacial score (nSPS) is 14.8. The molecule has 4 nitrogen and oxygen atoms in total. The van der Waals surface area contributed by atoms with E-state index in [1.165, 1.54) is 0 Å². The Morgan fingerprint density at radius 3 is 2.64 bits per heavy atom. The summed E-state index contributed by atoms with van der Waals surface area (Å²) in [6, 6.07) is -0.166. The van der Waals surface area contributed by atoms with Crippen molar-refractivity contribution >= 4 is 16.7 Å². The lowest BCUT2D eigenvalue weighted by atomic mass is 10.3. The van der Waals surface area contributed by atoms with Crippen molar-refractivity contribution in [1.29, 1.82) is 0 Å². The lowest BCUT2D eigenvalue weighted by Gasteiger charge is -2.12. The zero-order valence-electron chi connectivity index (χ0n) is 9.13. The number of carbonyl (C=O) groups excluding carboxylic acids is 1. The molecule has 0 aromatic rings. The predicted octanol–water partition coefficient (Wildman–Crippen LogP) is -0.131. The van der Waals surface area contributed by atoms with Crippen molar-refractivity contribution in [2.24, 2.45) is 0 Å². The molecule has 0 fully saturated rings. The van der Waals surface area contributed by atoms with Crippen LogP contribution in [0.5, 0.6) is 0 Å². The van der Waals surface area contributed by atoms with E-state index < -0.39 is 10.8 Å². The Bertz CT molecular complexity index is 197. The van der Waals surface area contributed by atoms with Gasteiger partial charge in [-0.15, -0.1) is 0 Å². The number of carbonyl (C=O) groups is 1. The lowest BCUT2D eigenvalue weighted by Crippen LogP contribution is -2.42. The van der Waals surface area contributed by atoms with Crippen LogP contribution in [0.15, 0.2) is 0 Å². The van der Waals surface area contributed by atoms with Gasteiger partial charge in [-0.25, -0.2) is 0 Å². The van der Waals surface area contributed by atoms with Gasteiger partial charge >= 0.3 is 0 Å². The summed E-state index contributed by atoms with van der Waals surface area (Å²) in [4.78, 5) is 11.2. The molecule has 2 atom stereocenters. The van der Waals surface area contributed by atoms with Gasteiger partial charge in [-0.2, -0.15) is 0 Å². The first kappa shape index (κ1) is 13.6. The summed E-state index contributed by atoms with van der Waals surface area (Å²) in [5.74, 6) is 0.708. The van der Waals surface area contributed by atoms with Gasteiger partial charge in [0.15, 0.2) is 0 Å². The van der Waals surface area contributed by atoms with Crippen molar-refractivity contribution < 1.29 is 9.00 Å². The molecule has 0 rings (SSSR count). The van der Waals surface area contributed by atoms with Crippen LogP contribution in [0.25, 0.3) is 0 Å². The van der Waals surface area contributed by atoms with Crippen molar-refractivity contribution in [3.63, 3.8) is 0 Å². The Hall–Kier alpha value is -0.420. The van der Waals surface area contributed by atoms with Gasteiger partial charge in [-0.05, 0) is 26.8 Å². The average molecular weight is 220 g/mol. The number of amides is 1. The molecular formula is C9H20N2O2S. The molecule has 0 heterocycles. The molecular weight excluding hydrogens is 200 g/mol. The first-order chi connectivity index (χ1) is 6.57. The molecule has 0 aliphatic heterocycles. The van der Waals surface area contributed by atoms with Gasteiger partial charge in [0.1, 0.15) is 0 Å². The standard InChI is InChI=1S/C9H20N2O2S/c1-4-10-9(12)8(2)11-6-5-7-14(3)13/h8,11H,4-7H2,1-3H3,(H,10,12). The maximum atomic E-state index is 11.2. The Kier molecular flexibility index (Phi) is 7.70. The summed E-state index contributed by atoms with van der Waals surface area (Å²) in [6.45, 7) is 5.11. The van der Waals surface area contributed by atoms with Crippen LogP contribution in [-0.2, 0) is 15.6 Å². The largest absolute Gasteiger partial charge is 0.355 e. The number of nitrogens with one attached hydrogen (secondary N) is 2. The number of hydrogen-bond acceptors (Lipinski definition) is 3. The van der Waals surface area contributed by atoms with Crippen molar-refractivity contribution in [1.82, 2.24) is 10.6 Å². The van der Waals surface area contributed by atoms with Crippen molar-refractivity contribution in [3.05, 3.63) is 0 Å². The van der Waals surface area contributed by atoms with Crippen LogP contribution in [0.3, 0.4) is 0 Å². The van der Waals surface area contributed by atoms with Crippen LogP contribution in [0.4, 0.5) is 0 Å². The molecule has 0 aromatic carbocycles. The second kappa shape index (κ2) is 7.94. The smallest absolute Gasteiger partial charge is 0.236 e. The number of likely N-dealkylation sites (N-methyl/N-ethyl adjacent to an activating group) is 1. The van der Waals surface area contributed by atoms with Crippen LogP contribution < -0.4 is 10.6 Å². The molecule has 0 spiro atoms. The summed E-state index contributed by atoms with van der Waals surface area (Å²) >= 11 is 0. The predicted molar refractivity (Wildman–Crippen MR) is 59.7 cm³/mol. The molecule has 0 saturated heterocycles. The molecule has 5 heteroatoms. The maximum Gasteiger partial charge on any atom is 0.236 e. The zero-order chi connectivity index (χ0) is 11.0. The van der Waals surface area contributed by atoms with Crippen molar-refractivity contribution in [2.45, 2.75) is 26.3 Å². The SMILES string of the molecule is CCNC(=O)C(C)NCCCS(C)=O. The summed E-state index contributed by atoms with van der Waals surface area (Å²) in [5.41, 5.74) is 0. The fourth-order valence-electron chi connectivity index (χ4n) is 1.01. The van der Waals surface area contributed by atoms with Gasteiger partial charge in [-0.3, -0.25) is 9.00 Å². The fraction of sp³-hybridized carbons (Fsp3) is 0.889. The second-order valence-electron chi connectivity index (χ2n) is 3.20. The van der Waals surface area contributed by atoms with E-state index >= 15 is 0 Å². The lowest BCUT2D eigenvalue weighted by molar-refractivity contribution is -0.122. The summed E-state index contributed by atoms with van der Waals surface area (Å²) in [6.07, 6.45) is 2.53. The van der Waals surface area contributed by atoms with E-state index in [4.69, 9.17) is 0 Å². The van der Waals surface area contributed by atoms with Gasteiger partial charge in [0, 0.05) is 29.4 Å². The molecule has 0 radical (unpaired) electrons. The highest BCUT2D eigenvalue weighted by Gasteiger charge is 2.09.